The third kappa shape index (κ3) is 3.56. The van der Waals surface area contributed by atoms with E-state index in [0.29, 0.717) is 18.5 Å². The van der Waals surface area contributed by atoms with Crippen molar-refractivity contribution in [3.05, 3.63) is 64.7 Å². The zero-order valence-electron chi connectivity index (χ0n) is 18.8. The number of benzene rings is 2. The Bertz CT molecular complexity index is 1020. The van der Waals surface area contributed by atoms with E-state index in [9.17, 15) is 9.59 Å². The van der Waals surface area contributed by atoms with Crippen LogP contribution >= 0.6 is 0 Å². The summed E-state index contributed by atoms with van der Waals surface area (Å²) < 4.78 is 5.66. The molecule has 3 heterocycles. The fourth-order valence-electron chi connectivity index (χ4n) is 5.77. The maximum Gasteiger partial charge on any atom is 0.252 e. The van der Waals surface area contributed by atoms with E-state index in [-0.39, 0.29) is 35.9 Å². The van der Waals surface area contributed by atoms with Gasteiger partial charge >= 0.3 is 0 Å². The summed E-state index contributed by atoms with van der Waals surface area (Å²) >= 11 is 0. The highest BCUT2D eigenvalue weighted by Crippen LogP contribution is 2.45. The van der Waals surface area contributed by atoms with E-state index in [1.807, 2.05) is 54.3 Å². The molecule has 0 spiro atoms. The van der Waals surface area contributed by atoms with Crippen LogP contribution in [0.2, 0.25) is 0 Å². The van der Waals surface area contributed by atoms with Gasteiger partial charge in [0.1, 0.15) is 5.75 Å². The van der Waals surface area contributed by atoms with Crippen molar-refractivity contribution in [1.29, 1.82) is 0 Å². The Hall–Kier alpha value is -2.86. The molecule has 2 fully saturated rings. The molecule has 0 aliphatic carbocycles. The van der Waals surface area contributed by atoms with E-state index in [1.165, 1.54) is 0 Å². The number of fused-ring (bicyclic) bond motifs is 4. The molecule has 4 atom stereocenters. The summed E-state index contributed by atoms with van der Waals surface area (Å²) in [6, 6.07) is 13.7. The van der Waals surface area contributed by atoms with Gasteiger partial charge in [-0.15, -0.1) is 0 Å². The van der Waals surface area contributed by atoms with E-state index in [4.69, 9.17) is 4.74 Å². The fourth-order valence-corrected chi connectivity index (χ4v) is 5.77. The molecule has 2 aromatic rings. The molecule has 32 heavy (non-hydrogen) atoms. The Morgan fingerprint density at radius 3 is 2.81 bits per heavy atom. The molecule has 168 valence electrons. The molecule has 0 aromatic heterocycles. The monoisotopic (exact) mass is 433 g/mol. The molecular weight excluding hydrogens is 402 g/mol. The molecule has 6 heteroatoms. The van der Waals surface area contributed by atoms with Crippen molar-refractivity contribution in [3.8, 4) is 5.75 Å². The zero-order valence-corrected chi connectivity index (χ0v) is 18.8. The van der Waals surface area contributed by atoms with Gasteiger partial charge in [0.15, 0.2) is 0 Å². The van der Waals surface area contributed by atoms with Crippen LogP contribution < -0.4 is 15.4 Å². The minimum atomic E-state index is -0.112. The van der Waals surface area contributed by atoms with Crippen LogP contribution in [0, 0.1) is 5.92 Å². The molecule has 3 aliphatic rings. The molecule has 0 bridgehead atoms. The first-order chi connectivity index (χ1) is 15.6. The van der Waals surface area contributed by atoms with Crippen molar-refractivity contribution in [2.75, 3.05) is 20.2 Å². The van der Waals surface area contributed by atoms with Crippen molar-refractivity contribution in [1.82, 2.24) is 15.5 Å². The lowest BCUT2D eigenvalue weighted by atomic mass is 9.75. The van der Waals surface area contributed by atoms with E-state index in [1.54, 1.807) is 7.11 Å². The first-order valence-corrected chi connectivity index (χ1v) is 11.7. The molecule has 6 nitrogen and oxygen atoms in total. The van der Waals surface area contributed by atoms with E-state index in [2.05, 4.69) is 10.6 Å². The van der Waals surface area contributed by atoms with Gasteiger partial charge in [0.2, 0.25) is 5.91 Å². The van der Waals surface area contributed by atoms with Gasteiger partial charge in [-0.2, -0.15) is 0 Å². The average Bonchev–Trinajstić information content (AvgIpc) is 2.83. The number of piperidine rings is 2. The summed E-state index contributed by atoms with van der Waals surface area (Å²) in [5.74, 6) is 0.991. The smallest absolute Gasteiger partial charge is 0.252 e. The maximum atomic E-state index is 13.5. The number of hydrogen-bond donors (Lipinski definition) is 2. The number of carbonyl (C=O) groups excluding carboxylic acids is 2. The Morgan fingerprint density at radius 1 is 1.22 bits per heavy atom. The average molecular weight is 434 g/mol. The largest absolute Gasteiger partial charge is 0.496 e. The third-order valence-electron chi connectivity index (χ3n) is 7.40. The van der Waals surface area contributed by atoms with Crippen molar-refractivity contribution < 1.29 is 14.3 Å². The predicted octanol–water partition coefficient (Wildman–Crippen LogP) is 3.38. The second-order valence-electron chi connectivity index (χ2n) is 9.16. The van der Waals surface area contributed by atoms with E-state index >= 15 is 0 Å². The van der Waals surface area contributed by atoms with Crippen LogP contribution in [0.5, 0.6) is 5.75 Å². The quantitative estimate of drug-likeness (QED) is 0.776. The van der Waals surface area contributed by atoms with Crippen LogP contribution in [0.3, 0.4) is 0 Å². The molecule has 2 aromatic carbocycles. The lowest BCUT2D eigenvalue weighted by molar-refractivity contribution is -0.145. The van der Waals surface area contributed by atoms with Crippen LogP contribution in [0.15, 0.2) is 42.5 Å². The Balaban J connectivity index is 1.51. The highest BCUT2D eigenvalue weighted by Gasteiger charge is 2.46. The number of nitrogens with zero attached hydrogens (tertiary/aromatic N) is 1. The first kappa shape index (κ1) is 21.0. The van der Waals surface area contributed by atoms with Gasteiger partial charge in [-0.1, -0.05) is 30.3 Å². The van der Waals surface area contributed by atoms with Crippen LogP contribution in [-0.4, -0.2) is 43.0 Å². The summed E-state index contributed by atoms with van der Waals surface area (Å²) in [5.41, 5.74) is 3.75. The Morgan fingerprint density at radius 2 is 2.03 bits per heavy atom. The van der Waals surface area contributed by atoms with Crippen LogP contribution in [0.4, 0.5) is 0 Å². The number of carbonyl (C=O) groups is 2. The van der Waals surface area contributed by atoms with Gasteiger partial charge in [-0.3, -0.25) is 9.59 Å². The van der Waals surface area contributed by atoms with E-state index in [0.717, 1.165) is 48.2 Å². The predicted molar refractivity (Wildman–Crippen MR) is 123 cm³/mol. The molecule has 2 amide bonds. The van der Waals surface area contributed by atoms with Gasteiger partial charge < -0.3 is 20.3 Å². The van der Waals surface area contributed by atoms with Gasteiger partial charge in [-0.05, 0) is 62.4 Å². The highest BCUT2D eigenvalue weighted by molar-refractivity contribution is 5.97. The summed E-state index contributed by atoms with van der Waals surface area (Å²) in [4.78, 5) is 28.8. The van der Waals surface area contributed by atoms with Crippen LogP contribution in [0.1, 0.15) is 65.3 Å². The lowest BCUT2D eigenvalue weighted by Gasteiger charge is -2.49. The van der Waals surface area contributed by atoms with Crippen molar-refractivity contribution >= 4 is 11.8 Å². The lowest BCUT2D eigenvalue weighted by Crippen LogP contribution is -2.58. The molecule has 0 radical (unpaired) electrons. The topological polar surface area (TPSA) is 70.7 Å². The van der Waals surface area contributed by atoms with Gasteiger partial charge in [0.25, 0.3) is 5.91 Å². The second-order valence-corrected chi connectivity index (χ2v) is 9.16. The number of amides is 2. The highest BCUT2D eigenvalue weighted by atomic mass is 16.5. The summed E-state index contributed by atoms with van der Waals surface area (Å²) in [6.07, 6.45) is 3.54. The minimum absolute atomic E-state index is 0.0579. The molecule has 0 unspecified atom stereocenters. The van der Waals surface area contributed by atoms with Crippen molar-refractivity contribution in [2.45, 2.75) is 50.7 Å². The number of ether oxygens (including phenoxy) is 1. The second kappa shape index (κ2) is 8.58. The molecule has 5 rings (SSSR count). The SMILES string of the molecule is COc1ccc(C(=O)N[C@H](C)c2ccccc2)c2c1CCN1C(=O)[C@@H]3CCCN[C@@H]3C[C@@H]21. The summed E-state index contributed by atoms with van der Waals surface area (Å²) in [5, 5.41) is 6.73. The van der Waals surface area contributed by atoms with Crippen LogP contribution in [-0.2, 0) is 11.2 Å². The minimum Gasteiger partial charge on any atom is -0.496 e. The van der Waals surface area contributed by atoms with Crippen molar-refractivity contribution in [2.24, 2.45) is 5.92 Å². The molecule has 2 saturated heterocycles. The number of rotatable bonds is 4. The summed E-state index contributed by atoms with van der Waals surface area (Å²) in [7, 11) is 1.67. The molecule has 2 N–H and O–H groups in total. The van der Waals surface area contributed by atoms with Crippen LogP contribution in [0.25, 0.3) is 0 Å². The number of hydrogen-bond acceptors (Lipinski definition) is 4. The number of methoxy groups -OCH3 is 1. The molecular formula is C26H31N3O3. The number of nitrogens with one attached hydrogen (secondary N) is 2. The van der Waals surface area contributed by atoms with E-state index < -0.39 is 0 Å². The van der Waals surface area contributed by atoms with Gasteiger partial charge in [0.05, 0.1) is 25.1 Å². The third-order valence-corrected chi connectivity index (χ3v) is 7.40. The fraction of sp³-hybridized carbons (Fsp3) is 0.462. The standard InChI is InChI=1S/C26H31N3O3/c1-16(17-7-4-3-5-8-17)28-25(30)20-10-11-23(32-2)19-12-14-29-22(24(19)20)15-21-18(26(29)31)9-6-13-27-21/h3-5,7-8,10-11,16,18,21-22,27H,6,9,12-15H2,1-2H3,(H,28,30)/t16-,18-,21-,22+/m1/s1. The summed E-state index contributed by atoms with van der Waals surface area (Å²) in [6.45, 7) is 3.63. The Kier molecular flexibility index (Phi) is 5.64. The van der Waals surface area contributed by atoms with Gasteiger partial charge in [-0.25, -0.2) is 0 Å². The molecule has 3 aliphatic heterocycles. The molecule has 0 saturated carbocycles. The Labute approximate surface area is 189 Å². The normalized spacial score (nSPS) is 25.2. The van der Waals surface area contributed by atoms with Gasteiger partial charge in [0, 0.05) is 23.7 Å². The van der Waals surface area contributed by atoms with Crippen molar-refractivity contribution in [3.63, 3.8) is 0 Å². The maximum absolute atomic E-state index is 13.5. The first-order valence-electron chi connectivity index (χ1n) is 11.7. The zero-order chi connectivity index (χ0) is 22.2.